The third kappa shape index (κ3) is 2.89. The Bertz CT molecular complexity index is 1170. The summed E-state index contributed by atoms with van der Waals surface area (Å²) < 4.78 is 1.52. The summed E-state index contributed by atoms with van der Waals surface area (Å²) in [7, 11) is 1.69. The summed E-state index contributed by atoms with van der Waals surface area (Å²) in [6.07, 6.45) is 3.39. The van der Waals surface area contributed by atoms with Crippen LogP contribution in [0.2, 0.25) is 0 Å². The lowest BCUT2D eigenvalue weighted by molar-refractivity contribution is 0.102. The number of amides is 1. The number of thiazole rings is 1. The van der Waals surface area contributed by atoms with Gasteiger partial charge in [-0.05, 0) is 18.2 Å². The van der Waals surface area contributed by atoms with E-state index in [0.717, 1.165) is 16.6 Å². The predicted octanol–water partition coefficient (Wildman–Crippen LogP) is 3.31. The first-order valence-electron chi connectivity index (χ1n) is 7.89. The van der Waals surface area contributed by atoms with Crippen LogP contribution in [-0.4, -0.2) is 20.4 Å². The number of hydrogen-bond acceptors (Lipinski definition) is 5. The third-order valence-electron chi connectivity index (χ3n) is 4.10. The zero-order chi connectivity index (χ0) is 18.1. The minimum Gasteiger partial charge on any atom is -0.311 e. The van der Waals surface area contributed by atoms with E-state index in [2.05, 4.69) is 15.3 Å². The van der Waals surface area contributed by atoms with E-state index in [0.29, 0.717) is 16.2 Å². The van der Waals surface area contributed by atoms with Crippen molar-refractivity contribution < 1.29 is 4.79 Å². The summed E-state index contributed by atoms with van der Waals surface area (Å²) in [6, 6.07) is 12.4. The molecule has 1 amide bonds. The number of hydrogen-bond donors (Lipinski definition) is 1. The number of benzene rings is 1. The average molecular weight is 362 g/mol. The highest BCUT2D eigenvalue weighted by molar-refractivity contribution is 7.14. The molecular formula is C19H14N4O2S. The Morgan fingerprint density at radius 1 is 1.15 bits per heavy atom. The fraction of sp³-hybridized carbons (Fsp3) is 0.0526. The Hall–Kier alpha value is -3.32. The monoisotopic (exact) mass is 362 g/mol. The van der Waals surface area contributed by atoms with E-state index < -0.39 is 0 Å². The van der Waals surface area contributed by atoms with Gasteiger partial charge in [0.15, 0.2) is 5.13 Å². The van der Waals surface area contributed by atoms with Gasteiger partial charge in [-0.25, -0.2) is 4.98 Å². The summed E-state index contributed by atoms with van der Waals surface area (Å²) in [4.78, 5) is 33.3. The molecule has 0 saturated carbocycles. The van der Waals surface area contributed by atoms with Gasteiger partial charge in [0.2, 0.25) is 0 Å². The standard InChI is InChI=1S/C19H14N4O2S/c1-23-16-5-3-2-4-13(16)14(10-17(23)24)18(25)22-19-21-15(11-26-19)12-6-8-20-9-7-12/h2-11H,1H3,(H,21,22,25). The van der Waals surface area contributed by atoms with Crippen molar-refractivity contribution in [2.24, 2.45) is 7.05 Å². The molecule has 0 spiro atoms. The molecule has 0 saturated heterocycles. The second-order valence-corrected chi connectivity index (χ2v) is 6.56. The van der Waals surface area contributed by atoms with Crippen LogP contribution in [0.4, 0.5) is 5.13 Å². The van der Waals surface area contributed by atoms with Gasteiger partial charge in [0, 0.05) is 41.8 Å². The minimum atomic E-state index is -0.352. The Labute approximate surface area is 152 Å². The Balaban J connectivity index is 1.68. The van der Waals surface area contributed by atoms with Gasteiger partial charge in [-0.15, -0.1) is 11.3 Å². The lowest BCUT2D eigenvalue weighted by Gasteiger charge is -2.09. The van der Waals surface area contributed by atoms with E-state index in [9.17, 15) is 9.59 Å². The number of nitrogens with one attached hydrogen (secondary N) is 1. The number of carbonyl (C=O) groups excluding carboxylic acids is 1. The van der Waals surface area contributed by atoms with Crippen LogP contribution in [0.3, 0.4) is 0 Å². The number of aromatic nitrogens is 3. The number of fused-ring (bicyclic) bond motifs is 1. The number of anilines is 1. The molecule has 0 fully saturated rings. The molecule has 3 heterocycles. The fourth-order valence-electron chi connectivity index (χ4n) is 2.75. The molecule has 0 aliphatic rings. The fourth-order valence-corrected chi connectivity index (χ4v) is 3.46. The van der Waals surface area contributed by atoms with Crippen LogP contribution in [0, 0.1) is 0 Å². The van der Waals surface area contributed by atoms with Gasteiger partial charge in [0.1, 0.15) is 0 Å². The molecule has 1 aromatic carbocycles. The predicted molar refractivity (Wildman–Crippen MR) is 102 cm³/mol. The molecular weight excluding hydrogens is 348 g/mol. The maximum absolute atomic E-state index is 12.7. The molecule has 26 heavy (non-hydrogen) atoms. The number of pyridine rings is 2. The van der Waals surface area contributed by atoms with E-state index >= 15 is 0 Å². The van der Waals surface area contributed by atoms with Crippen molar-refractivity contribution in [2.45, 2.75) is 0 Å². The van der Waals surface area contributed by atoms with Crippen LogP contribution in [0.15, 0.2) is 65.0 Å². The Morgan fingerprint density at radius 3 is 2.73 bits per heavy atom. The molecule has 0 radical (unpaired) electrons. The second kappa shape index (κ2) is 6.53. The quantitative estimate of drug-likeness (QED) is 0.607. The van der Waals surface area contributed by atoms with Gasteiger partial charge >= 0.3 is 0 Å². The highest BCUT2D eigenvalue weighted by atomic mass is 32.1. The van der Waals surface area contributed by atoms with Crippen molar-refractivity contribution in [3.8, 4) is 11.3 Å². The smallest absolute Gasteiger partial charge is 0.258 e. The normalized spacial score (nSPS) is 10.8. The zero-order valence-corrected chi connectivity index (χ0v) is 14.7. The van der Waals surface area contributed by atoms with Crippen LogP contribution in [0.1, 0.15) is 10.4 Å². The minimum absolute atomic E-state index is 0.231. The van der Waals surface area contributed by atoms with Gasteiger partial charge in [-0.1, -0.05) is 18.2 Å². The maximum Gasteiger partial charge on any atom is 0.258 e. The number of aryl methyl sites for hydroxylation is 1. The number of para-hydroxylation sites is 1. The molecule has 4 aromatic rings. The van der Waals surface area contributed by atoms with Crippen LogP contribution in [0.5, 0.6) is 0 Å². The first-order valence-corrected chi connectivity index (χ1v) is 8.77. The Morgan fingerprint density at radius 2 is 1.92 bits per heavy atom. The molecule has 128 valence electrons. The number of rotatable bonds is 3. The van der Waals surface area contributed by atoms with E-state index in [1.165, 1.54) is 22.0 Å². The van der Waals surface area contributed by atoms with Gasteiger partial charge in [-0.3, -0.25) is 19.9 Å². The average Bonchev–Trinajstić information content (AvgIpc) is 3.14. The zero-order valence-electron chi connectivity index (χ0n) is 13.8. The van der Waals surface area contributed by atoms with Crippen molar-refractivity contribution >= 4 is 33.3 Å². The molecule has 3 aromatic heterocycles. The van der Waals surface area contributed by atoms with Crippen LogP contribution < -0.4 is 10.9 Å². The maximum atomic E-state index is 12.7. The van der Waals surface area contributed by atoms with E-state index in [-0.39, 0.29) is 11.5 Å². The summed E-state index contributed by atoms with van der Waals surface area (Å²) in [5.41, 5.74) is 2.51. The Kier molecular flexibility index (Phi) is 4.06. The lowest BCUT2D eigenvalue weighted by Crippen LogP contribution is -2.21. The first-order chi connectivity index (χ1) is 12.6. The highest BCUT2D eigenvalue weighted by Gasteiger charge is 2.15. The second-order valence-electron chi connectivity index (χ2n) is 5.70. The van der Waals surface area contributed by atoms with E-state index in [1.54, 1.807) is 19.4 Å². The number of nitrogens with zero attached hydrogens (tertiary/aromatic N) is 3. The molecule has 1 N–H and O–H groups in total. The molecule has 4 rings (SSSR count). The van der Waals surface area contributed by atoms with Crippen LogP contribution >= 0.6 is 11.3 Å². The summed E-state index contributed by atoms with van der Waals surface area (Å²) in [5, 5.41) is 5.86. The van der Waals surface area contributed by atoms with Gasteiger partial charge in [0.25, 0.3) is 11.5 Å². The lowest BCUT2D eigenvalue weighted by atomic mass is 10.1. The van der Waals surface area contributed by atoms with Crippen molar-refractivity contribution in [3.63, 3.8) is 0 Å². The van der Waals surface area contributed by atoms with Gasteiger partial charge < -0.3 is 4.57 Å². The number of carbonyl (C=O) groups is 1. The molecule has 7 heteroatoms. The van der Waals surface area contributed by atoms with Crippen molar-refractivity contribution in [1.82, 2.24) is 14.5 Å². The van der Waals surface area contributed by atoms with Gasteiger partial charge in [0.05, 0.1) is 16.8 Å². The third-order valence-corrected chi connectivity index (χ3v) is 4.86. The van der Waals surface area contributed by atoms with E-state index in [4.69, 9.17) is 0 Å². The SMILES string of the molecule is Cn1c(=O)cc(C(=O)Nc2nc(-c3ccncc3)cs2)c2ccccc21. The molecule has 0 aliphatic heterocycles. The first kappa shape index (κ1) is 16.2. The molecule has 0 aliphatic carbocycles. The van der Waals surface area contributed by atoms with E-state index in [1.807, 2.05) is 41.8 Å². The summed E-state index contributed by atoms with van der Waals surface area (Å²) in [5.74, 6) is -0.352. The molecule has 6 nitrogen and oxygen atoms in total. The van der Waals surface area contributed by atoms with Crippen molar-refractivity contribution in [1.29, 1.82) is 0 Å². The summed E-state index contributed by atoms with van der Waals surface area (Å²) in [6.45, 7) is 0. The molecule has 0 atom stereocenters. The van der Waals surface area contributed by atoms with Gasteiger partial charge in [-0.2, -0.15) is 0 Å². The summed E-state index contributed by atoms with van der Waals surface area (Å²) >= 11 is 1.33. The molecule has 0 bridgehead atoms. The molecule has 0 unspecified atom stereocenters. The van der Waals surface area contributed by atoms with Crippen molar-refractivity contribution in [2.75, 3.05) is 5.32 Å². The van der Waals surface area contributed by atoms with Crippen LogP contribution in [-0.2, 0) is 7.05 Å². The highest BCUT2D eigenvalue weighted by Crippen LogP contribution is 2.25. The topological polar surface area (TPSA) is 76.9 Å². The van der Waals surface area contributed by atoms with Crippen molar-refractivity contribution in [3.05, 3.63) is 76.2 Å². The van der Waals surface area contributed by atoms with Crippen LogP contribution in [0.25, 0.3) is 22.2 Å². The largest absolute Gasteiger partial charge is 0.311 e.